The predicted octanol–water partition coefficient (Wildman–Crippen LogP) is 6.42. The van der Waals surface area contributed by atoms with E-state index in [4.69, 9.17) is 4.99 Å². The van der Waals surface area contributed by atoms with E-state index in [1.807, 2.05) is 66.2 Å². The predicted molar refractivity (Wildman–Crippen MR) is 135 cm³/mol. The van der Waals surface area contributed by atoms with Crippen molar-refractivity contribution in [2.24, 2.45) is 4.99 Å². The fourth-order valence-electron chi connectivity index (χ4n) is 4.61. The summed E-state index contributed by atoms with van der Waals surface area (Å²) >= 11 is 1.63. The second kappa shape index (κ2) is 9.05. The van der Waals surface area contributed by atoms with E-state index in [1.165, 1.54) is 4.88 Å². The number of fused-ring (bicyclic) bond motifs is 2. The number of anilines is 1. The summed E-state index contributed by atoms with van der Waals surface area (Å²) < 4.78 is 2.01. The molecule has 0 unspecified atom stereocenters. The van der Waals surface area contributed by atoms with Gasteiger partial charge in [0.25, 0.3) is 5.91 Å². The molecule has 1 aliphatic carbocycles. The van der Waals surface area contributed by atoms with Crippen LogP contribution in [0, 0.1) is 18.3 Å². The molecule has 2 aromatic carbocycles. The van der Waals surface area contributed by atoms with Gasteiger partial charge < -0.3 is 9.88 Å². The number of nitrogens with zero attached hydrogens (tertiary/aromatic N) is 3. The summed E-state index contributed by atoms with van der Waals surface area (Å²) in [5.74, 6) is -0.101. The van der Waals surface area contributed by atoms with Gasteiger partial charge in [0.15, 0.2) is 0 Å². The molecule has 0 spiro atoms. The summed E-state index contributed by atoms with van der Waals surface area (Å²) in [5.41, 5.74) is 5.64. The molecule has 0 radical (unpaired) electrons. The van der Waals surface area contributed by atoms with Crippen LogP contribution in [0.3, 0.4) is 0 Å². The molecule has 0 fully saturated rings. The molecule has 5 nitrogen and oxygen atoms in total. The number of carbonyl (C=O) groups excluding carboxylic acids is 1. The molecule has 164 valence electrons. The van der Waals surface area contributed by atoms with Gasteiger partial charge in [0, 0.05) is 38.9 Å². The SMILES string of the molecule is Cc1c(C=Nc2sc3c(c2C(=O)Nc2ccccc2)CCCC3)c2ccccc2n1CC#N. The lowest BCUT2D eigenvalue weighted by Crippen LogP contribution is -2.14. The first-order valence-corrected chi connectivity index (χ1v) is 12.0. The van der Waals surface area contributed by atoms with Crippen LogP contribution in [0.1, 0.15) is 44.9 Å². The zero-order valence-electron chi connectivity index (χ0n) is 18.5. The number of carbonyl (C=O) groups is 1. The van der Waals surface area contributed by atoms with Crippen molar-refractivity contribution in [1.29, 1.82) is 5.26 Å². The molecule has 2 aromatic heterocycles. The Kier molecular flexibility index (Phi) is 5.80. The molecule has 0 atom stereocenters. The van der Waals surface area contributed by atoms with Gasteiger partial charge in [0.1, 0.15) is 11.5 Å². The van der Waals surface area contributed by atoms with E-state index in [2.05, 4.69) is 17.5 Å². The third-order valence-electron chi connectivity index (χ3n) is 6.23. The van der Waals surface area contributed by atoms with Gasteiger partial charge in [-0.15, -0.1) is 11.3 Å². The zero-order valence-corrected chi connectivity index (χ0v) is 19.3. The van der Waals surface area contributed by atoms with Crippen molar-refractivity contribution < 1.29 is 4.79 Å². The average molecular weight is 453 g/mol. The Morgan fingerprint density at radius 3 is 2.73 bits per heavy atom. The van der Waals surface area contributed by atoms with Crippen LogP contribution < -0.4 is 5.32 Å². The fraction of sp³-hybridized carbons (Fsp3) is 0.222. The van der Waals surface area contributed by atoms with Crippen LogP contribution in [0.15, 0.2) is 59.6 Å². The number of aliphatic imine (C=N–C) groups is 1. The second-order valence-electron chi connectivity index (χ2n) is 8.23. The Balaban J connectivity index is 1.57. The Morgan fingerprint density at radius 2 is 1.91 bits per heavy atom. The van der Waals surface area contributed by atoms with Gasteiger partial charge in [-0.2, -0.15) is 5.26 Å². The highest BCUT2D eigenvalue weighted by Crippen LogP contribution is 2.40. The third-order valence-corrected chi connectivity index (χ3v) is 7.43. The summed E-state index contributed by atoms with van der Waals surface area (Å²) in [6.45, 7) is 2.30. The number of nitrogens with one attached hydrogen (secondary N) is 1. The number of thiophene rings is 1. The van der Waals surface area contributed by atoms with E-state index < -0.39 is 0 Å². The number of rotatable bonds is 5. The lowest BCUT2D eigenvalue weighted by atomic mass is 9.95. The minimum atomic E-state index is -0.101. The number of aryl methyl sites for hydroxylation is 1. The highest BCUT2D eigenvalue weighted by molar-refractivity contribution is 7.16. The van der Waals surface area contributed by atoms with Gasteiger partial charge in [0.2, 0.25) is 0 Å². The van der Waals surface area contributed by atoms with Gasteiger partial charge >= 0.3 is 0 Å². The molecule has 0 saturated carbocycles. The standard InChI is InChI=1S/C27H24N4OS/c1-18-22(20-11-5-7-13-23(20)31(18)16-15-28)17-29-27-25(21-12-6-8-14-24(21)33-27)26(32)30-19-9-3-2-4-10-19/h2-5,7,9-11,13,17H,6,8,12,14,16H2,1H3,(H,30,32). The minimum absolute atomic E-state index is 0.101. The number of amides is 1. The first-order chi connectivity index (χ1) is 16.2. The molecule has 1 N–H and O–H groups in total. The number of nitriles is 1. The van der Waals surface area contributed by atoms with Crippen LogP contribution in [0.4, 0.5) is 10.7 Å². The maximum atomic E-state index is 13.3. The summed E-state index contributed by atoms with van der Waals surface area (Å²) in [6.07, 6.45) is 6.03. The number of hydrogen-bond donors (Lipinski definition) is 1. The number of benzene rings is 2. The molecule has 4 aromatic rings. The Bertz CT molecular complexity index is 1410. The minimum Gasteiger partial charge on any atom is -0.330 e. The van der Waals surface area contributed by atoms with Crippen LogP contribution in [0.2, 0.25) is 0 Å². The lowest BCUT2D eigenvalue weighted by Gasteiger charge is -2.12. The van der Waals surface area contributed by atoms with Gasteiger partial charge in [-0.05, 0) is 56.4 Å². The van der Waals surface area contributed by atoms with Crippen molar-refractivity contribution in [2.45, 2.75) is 39.2 Å². The van der Waals surface area contributed by atoms with Crippen molar-refractivity contribution in [2.75, 3.05) is 5.32 Å². The van der Waals surface area contributed by atoms with Crippen molar-refractivity contribution >= 4 is 45.0 Å². The highest BCUT2D eigenvalue weighted by atomic mass is 32.1. The number of aromatic nitrogens is 1. The molecule has 2 heterocycles. The summed E-state index contributed by atoms with van der Waals surface area (Å²) in [5, 5.41) is 14.2. The molecule has 33 heavy (non-hydrogen) atoms. The average Bonchev–Trinajstić information content (AvgIpc) is 3.34. The first kappa shape index (κ1) is 21.2. The van der Waals surface area contributed by atoms with E-state index >= 15 is 0 Å². The Hall–Kier alpha value is -3.69. The number of hydrogen-bond acceptors (Lipinski definition) is 4. The highest BCUT2D eigenvalue weighted by Gasteiger charge is 2.25. The van der Waals surface area contributed by atoms with E-state index in [1.54, 1.807) is 11.3 Å². The fourth-order valence-corrected chi connectivity index (χ4v) is 5.84. The van der Waals surface area contributed by atoms with Crippen molar-refractivity contribution in [3.05, 3.63) is 81.9 Å². The van der Waals surface area contributed by atoms with E-state index in [0.29, 0.717) is 5.56 Å². The summed E-state index contributed by atoms with van der Waals surface area (Å²) in [6, 6.07) is 19.9. The van der Waals surface area contributed by atoms with Crippen LogP contribution in [0.25, 0.3) is 10.9 Å². The molecule has 6 heteroatoms. The summed E-state index contributed by atoms with van der Waals surface area (Å²) in [4.78, 5) is 19.5. The van der Waals surface area contributed by atoms with E-state index in [9.17, 15) is 10.1 Å². The third kappa shape index (κ3) is 3.96. The molecular weight excluding hydrogens is 428 g/mol. The molecule has 1 amide bonds. The van der Waals surface area contributed by atoms with Crippen LogP contribution in [0.5, 0.6) is 0 Å². The van der Waals surface area contributed by atoms with E-state index in [-0.39, 0.29) is 12.5 Å². The van der Waals surface area contributed by atoms with Gasteiger partial charge in [-0.1, -0.05) is 36.4 Å². The zero-order chi connectivity index (χ0) is 22.8. The molecule has 0 aliphatic heterocycles. The van der Waals surface area contributed by atoms with Crippen LogP contribution in [-0.4, -0.2) is 16.7 Å². The monoisotopic (exact) mass is 452 g/mol. The van der Waals surface area contributed by atoms with Gasteiger partial charge in [0.05, 0.1) is 11.6 Å². The van der Waals surface area contributed by atoms with Crippen molar-refractivity contribution in [3.8, 4) is 6.07 Å². The van der Waals surface area contributed by atoms with Crippen LogP contribution >= 0.6 is 11.3 Å². The Morgan fingerprint density at radius 1 is 1.15 bits per heavy atom. The summed E-state index contributed by atoms with van der Waals surface area (Å²) in [7, 11) is 0. The molecule has 0 bridgehead atoms. The van der Waals surface area contributed by atoms with E-state index in [0.717, 1.165) is 64.1 Å². The van der Waals surface area contributed by atoms with Crippen molar-refractivity contribution in [3.63, 3.8) is 0 Å². The Labute approximate surface area is 197 Å². The van der Waals surface area contributed by atoms with Gasteiger partial charge in [-0.25, -0.2) is 4.99 Å². The smallest absolute Gasteiger partial charge is 0.259 e. The van der Waals surface area contributed by atoms with Gasteiger partial charge in [-0.3, -0.25) is 4.79 Å². The quantitative estimate of drug-likeness (QED) is 0.355. The number of para-hydroxylation sites is 2. The lowest BCUT2D eigenvalue weighted by molar-refractivity contribution is 0.102. The normalized spacial score (nSPS) is 13.2. The topological polar surface area (TPSA) is 70.2 Å². The molecular formula is C27H24N4OS. The molecule has 0 saturated heterocycles. The maximum absolute atomic E-state index is 13.3. The molecule has 5 rings (SSSR count). The second-order valence-corrected chi connectivity index (χ2v) is 9.31. The largest absolute Gasteiger partial charge is 0.330 e. The maximum Gasteiger partial charge on any atom is 0.259 e. The molecule has 1 aliphatic rings. The first-order valence-electron chi connectivity index (χ1n) is 11.2. The van der Waals surface area contributed by atoms with Crippen LogP contribution in [-0.2, 0) is 19.4 Å². The van der Waals surface area contributed by atoms with Crippen molar-refractivity contribution in [1.82, 2.24) is 4.57 Å².